The molecule has 0 aliphatic heterocycles. The summed E-state index contributed by atoms with van der Waals surface area (Å²) in [5.74, 6) is 1.42. The summed E-state index contributed by atoms with van der Waals surface area (Å²) in [6.45, 7) is 0.246. The third-order valence-corrected chi connectivity index (χ3v) is 4.56. The monoisotopic (exact) mass is 393 g/mol. The molecular weight excluding hydrogens is 372 g/mol. The maximum Gasteiger partial charge on any atom is 0.119 e. The van der Waals surface area contributed by atoms with Crippen LogP contribution in [0, 0.1) is 6.07 Å². The van der Waals surface area contributed by atoms with Gasteiger partial charge in [-0.2, -0.15) is 0 Å². The van der Waals surface area contributed by atoms with Gasteiger partial charge in [-0.1, -0.05) is 48.5 Å². The highest BCUT2D eigenvalue weighted by molar-refractivity contribution is 6.18. The van der Waals surface area contributed by atoms with Crippen molar-refractivity contribution in [3.63, 3.8) is 0 Å². The Morgan fingerprint density at radius 3 is 2.07 bits per heavy atom. The fourth-order valence-electron chi connectivity index (χ4n) is 3.12. The Labute approximate surface area is 170 Å². The molecule has 0 amide bonds. The number of benzene rings is 3. The second-order valence-electron chi connectivity index (χ2n) is 6.22. The molecule has 1 radical (unpaired) electrons. The molecule has 143 valence electrons. The zero-order chi connectivity index (χ0) is 19.8. The van der Waals surface area contributed by atoms with Gasteiger partial charge in [-0.25, -0.2) is 0 Å². The SMILES string of the molecule is OCCOc1ccc(C(=C(CCCl)c2ccc(O)cc2)c2cc[c]cc2)cc1. The van der Waals surface area contributed by atoms with E-state index >= 15 is 0 Å². The van der Waals surface area contributed by atoms with Crippen molar-refractivity contribution in [2.45, 2.75) is 6.42 Å². The van der Waals surface area contributed by atoms with Crippen LogP contribution in [0.1, 0.15) is 23.1 Å². The van der Waals surface area contributed by atoms with Crippen LogP contribution in [-0.4, -0.2) is 29.3 Å². The number of allylic oxidation sites excluding steroid dienone is 1. The number of aliphatic hydroxyl groups is 1. The molecule has 0 aliphatic rings. The van der Waals surface area contributed by atoms with Gasteiger partial charge in [-0.05, 0) is 64.6 Å². The molecule has 0 fully saturated rings. The summed E-state index contributed by atoms with van der Waals surface area (Å²) in [4.78, 5) is 0. The predicted molar refractivity (Wildman–Crippen MR) is 114 cm³/mol. The molecule has 0 bridgehead atoms. The molecule has 28 heavy (non-hydrogen) atoms. The summed E-state index contributed by atoms with van der Waals surface area (Å²) in [7, 11) is 0. The highest BCUT2D eigenvalue weighted by atomic mass is 35.5. The van der Waals surface area contributed by atoms with Crippen molar-refractivity contribution in [2.75, 3.05) is 19.1 Å². The fourth-order valence-corrected chi connectivity index (χ4v) is 3.31. The highest BCUT2D eigenvalue weighted by Crippen LogP contribution is 2.35. The van der Waals surface area contributed by atoms with Crippen molar-refractivity contribution in [3.05, 3.63) is 95.6 Å². The Morgan fingerprint density at radius 1 is 0.857 bits per heavy atom. The first kappa shape index (κ1) is 20.0. The second-order valence-corrected chi connectivity index (χ2v) is 6.60. The maximum absolute atomic E-state index is 9.66. The Morgan fingerprint density at radius 2 is 1.46 bits per heavy atom. The number of halogens is 1. The van der Waals surface area contributed by atoms with Crippen LogP contribution in [0.2, 0.25) is 0 Å². The molecule has 3 aromatic carbocycles. The van der Waals surface area contributed by atoms with Gasteiger partial charge in [0.2, 0.25) is 0 Å². The van der Waals surface area contributed by atoms with E-state index in [0.717, 1.165) is 27.8 Å². The van der Waals surface area contributed by atoms with E-state index in [9.17, 15) is 5.11 Å². The van der Waals surface area contributed by atoms with Crippen molar-refractivity contribution >= 4 is 22.7 Å². The number of hydrogen-bond donors (Lipinski definition) is 2. The number of ether oxygens (including phenoxy) is 1. The van der Waals surface area contributed by atoms with Gasteiger partial charge in [0.15, 0.2) is 0 Å². The van der Waals surface area contributed by atoms with Gasteiger partial charge in [0.05, 0.1) is 6.61 Å². The van der Waals surface area contributed by atoms with Gasteiger partial charge >= 0.3 is 0 Å². The van der Waals surface area contributed by atoms with Crippen LogP contribution in [0.25, 0.3) is 11.1 Å². The summed E-state index contributed by atoms with van der Waals surface area (Å²) in [6.07, 6.45) is 0.684. The maximum atomic E-state index is 9.66. The minimum Gasteiger partial charge on any atom is -0.508 e. The Hall–Kier alpha value is -2.75. The average Bonchev–Trinajstić information content (AvgIpc) is 2.74. The van der Waals surface area contributed by atoms with Gasteiger partial charge in [0, 0.05) is 5.88 Å². The van der Waals surface area contributed by atoms with E-state index in [2.05, 4.69) is 6.07 Å². The smallest absolute Gasteiger partial charge is 0.119 e. The van der Waals surface area contributed by atoms with Gasteiger partial charge in [-0.15, -0.1) is 11.6 Å². The van der Waals surface area contributed by atoms with Crippen LogP contribution in [-0.2, 0) is 0 Å². The first-order valence-electron chi connectivity index (χ1n) is 9.12. The van der Waals surface area contributed by atoms with Crippen LogP contribution in [0.15, 0.2) is 72.8 Å². The zero-order valence-corrected chi connectivity index (χ0v) is 16.2. The van der Waals surface area contributed by atoms with Crippen LogP contribution < -0.4 is 4.74 Å². The Kier molecular flexibility index (Phi) is 7.12. The second kappa shape index (κ2) is 9.98. The van der Waals surface area contributed by atoms with Crippen LogP contribution >= 0.6 is 11.6 Å². The van der Waals surface area contributed by atoms with Crippen molar-refractivity contribution in [2.24, 2.45) is 0 Å². The minimum atomic E-state index is -0.0197. The lowest BCUT2D eigenvalue weighted by atomic mass is 9.88. The van der Waals surface area contributed by atoms with Crippen molar-refractivity contribution in [3.8, 4) is 11.5 Å². The molecule has 0 aromatic heterocycles. The van der Waals surface area contributed by atoms with E-state index < -0.39 is 0 Å². The summed E-state index contributed by atoms with van der Waals surface area (Å²) in [6, 6.07) is 25.9. The fraction of sp³-hybridized carbons (Fsp3) is 0.167. The lowest BCUT2D eigenvalue weighted by Gasteiger charge is -2.17. The molecule has 0 atom stereocenters. The van der Waals surface area contributed by atoms with Gasteiger partial charge in [-0.3, -0.25) is 0 Å². The van der Waals surface area contributed by atoms with Crippen molar-refractivity contribution in [1.82, 2.24) is 0 Å². The normalized spacial score (nSPS) is 11.8. The highest BCUT2D eigenvalue weighted by Gasteiger charge is 2.14. The molecular formula is C24H22ClO3. The van der Waals surface area contributed by atoms with E-state index in [1.54, 1.807) is 12.1 Å². The van der Waals surface area contributed by atoms with Gasteiger partial charge < -0.3 is 14.9 Å². The molecule has 0 heterocycles. The molecule has 3 nitrogen and oxygen atoms in total. The van der Waals surface area contributed by atoms with E-state index in [1.165, 1.54) is 0 Å². The largest absolute Gasteiger partial charge is 0.508 e. The van der Waals surface area contributed by atoms with E-state index in [-0.39, 0.29) is 19.0 Å². The molecule has 3 rings (SSSR count). The molecule has 0 saturated carbocycles. The molecule has 0 unspecified atom stereocenters. The number of alkyl halides is 1. The summed E-state index contributed by atoms with van der Waals surface area (Å²) in [5, 5.41) is 18.6. The van der Waals surface area contributed by atoms with Crippen LogP contribution in [0.3, 0.4) is 0 Å². The molecule has 2 N–H and O–H groups in total. The minimum absolute atomic E-state index is 0.0197. The number of phenols is 1. The Bertz CT molecular complexity index is 901. The predicted octanol–water partition coefficient (Wildman–Crippen LogP) is 5.15. The lowest BCUT2D eigenvalue weighted by molar-refractivity contribution is 0.201. The quantitative estimate of drug-likeness (QED) is 0.411. The van der Waals surface area contributed by atoms with Crippen molar-refractivity contribution < 1.29 is 14.9 Å². The number of aliphatic hydroxyl groups excluding tert-OH is 1. The summed E-state index contributed by atoms with van der Waals surface area (Å²) < 4.78 is 5.48. The summed E-state index contributed by atoms with van der Waals surface area (Å²) in [5.41, 5.74) is 5.30. The number of phenolic OH excluding ortho intramolecular Hbond substituents is 1. The Balaban J connectivity index is 2.14. The zero-order valence-electron chi connectivity index (χ0n) is 15.4. The number of aromatic hydroxyl groups is 1. The van der Waals surface area contributed by atoms with Gasteiger partial charge in [0.1, 0.15) is 18.1 Å². The van der Waals surface area contributed by atoms with E-state index in [1.807, 2.05) is 60.7 Å². The molecule has 0 aliphatic carbocycles. The topological polar surface area (TPSA) is 49.7 Å². The van der Waals surface area contributed by atoms with Crippen molar-refractivity contribution in [1.29, 1.82) is 0 Å². The van der Waals surface area contributed by atoms with Crippen LogP contribution in [0.5, 0.6) is 11.5 Å². The average molecular weight is 394 g/mol. The standard InChI is InChI=1S/C24H22ClO3/c25-15-14-23(18-6-10-21(27)11-7-18)24(19-4-2-1-3-5-19)20-8-12-22(13-9-20)28-17-16-26/h2-13,26-27H,14-17H2. The van der Waals surface area contributed by atoms with E-state index in [0.29, 0.717) is 18.1 Å². The molecule has 0 spiro atoms. The molecule has 0 saturated heterocycles. The molecule has 4 heteroatoms. The third kappa shape index (κ3) is 4.94. The number of rotatable bonds is 8. The first-order valence-corrected chi connectivity index (χ1v) is 9.65. The third-order valence-electron chi connectivity index (χ3n) is 4.37. The molecule has 3 aromatic rings. The first-order chi connectivity index (χ1) is 13.7. The van der Waals surface area contributed by atoms with Gasteiger partial charge in [0.25, 0.3) is 0 Å². The van der Waals surface area contributed by atoms with Crippen LogP contribution in [0.4, 0.5) is 0 Å². The summed E-state index contributed by atoms with van der Waals surface area (Å²) >= 11 is 6.15. The number of hydrogen-bond acceptors (Lipinski definition) is 3. The van der Waals surface area contributed by atoms with E-state index in [4.69, 9.17) is 21.4 Å². The lowest BCUT2D eigenvalue weighted by Crippen LogP contribution is -2.01.